The monoisotopic (exact) mass is 313 g/mol. The molecule has 2 aromatic heterocycles. The van der Waals surface area contributed by atoms with E-state index in [9.17, 15) is 5.11 Å². The molecule has 3 rings (SSSR count). The van der Waals surface area contributed by atoms with Crippen LogP contribution in [0.1, 0.15) is 29.2 Å². The first-order chi connectivity index (χ1) is 10.7. The summed E-state index contributed by atoms with van der Waals surface area (Å²) < 4.78 is 5.87. The molecule has 0 unspecified atom stereocenters. The maximum absolute atomic E-state index is 9.53. The zero-order valence-corrected chi connectivity index (χ0v) is 13.3. The van der Waals surface area contributed by atoms with E-state index in [1.165, 1.54) is 4.88 Å². The van der Waals surface area contributed by atoms with Crippen molar-refractivity contribution in [1.82, 2.24) is 5.32 Å². The smallest absolute Gasteiger partial charge is 0.134 e. The van der Waals surface area contributed by atoms with Crippen molar-refractivity contribution in [3.63, 3.8) is 0 Å². The average Bonchev–Trinajstić information content (AvgIpc) is 3.19. The summed E-state index contributed by atoms with van der Waals surface area (Å²) >= 11 is 1.75. The lowest BCUT2D eigenvalue weighted by atomic mass is 10.1. The number of hydrogen-bond acceptors (Lipinski definition) is 4. The zero-order chi connectivity index (χ0) is 15.4. The molecular formula is C18H19NO2S. The second-order valence-electron chi connectivity index (χ2n) is 5.25. The topological polar surface area (TPSA) is 45.4 Å². The fraction of sp³-hybridized carbons (Fsp3) is 0.222. The van der Waals surface area contributed by atoms with Gasteiger partial charge in [0.05, 0.1) is 12.6 Å². The van der Waals surface area contributed by atoms with Crippen molar-refractivity contribution in [2.75, 3.05) is 0 Å². The first kappa shape index (κ1) is 15.0. The molecule has 0 radical (unpaired) electrons. The SMILES string of the molecule is C[C@H](O)c1ccc(-c2ccc(CNCc3cccs3)o2)cc1. The van der Waals surface area contributed by atoms with Crippen LogP contribution >= 0.6 is 11.3 Å². The maximum Gasteiger partial charge on any atom is 0.134 e. The van der Waals surface area contributed by atoms with E-state index in [1.807, 2.05) is 36.4 Å². The van der Waals surface area contributed by atoms with E-state index < -0.39 is 6.10 Å². The number of benzene rings is 1. The molecule has 0 aliphatic rings. The Kier molecular flexibility index (Phi) is 4.73. The Morgan fingerprint density at radius 1 is 1.09 bits per heavy atom. The average molecular weight is 313 g/mol. The molecule has 2 heterocycles. The molecule has 114 valence electrons. The molecular weight excluding hydrogens is 294 g/mol. The molecule has 22 heavy (non-hydrogen) atoms. The standard InChI is InChI=1S/C18H19NO2S/c1-13(20)14-4-6-15(7-5-14)18-9-8-16(21-18)11-19-12-17-3-2-10-22-17/h2-10,13,19-20H,11-12H2,1H3/t13-/m0/s1. The number of rotatable bonds is 6. The van der Waals surface area contributed by atoms with Crippen molar-refractivity contribution < 1.29 is 9.52 Å². The van der Waals surface area contributed by atoms with Crippen molar-refractivity contribution in [2.24, 2.45) is 0 Å². The van der Waals surface area contributed by atoms with Crippen molar-refractivity contribution >= 4 is 11.3 Å². The van der Waals surface area contributed by atoms with Crippen LogP contribution in [0.4, 0.5) is 0 Å². The second kappa shape index (κ2) is 6.92. The lowest BCUT2D eigenvalue weighted by molar-refractivity contribution is 0.199. The predicted octanol–water partition coefficient (Wildman–Crippen LogP) is 4.35. The molecule has 0 aliphatic carbocycles. The highest BCUT2D eigenvalue weighted by molar-refractivity contribution is 7.09. The van der Waals surface area contributed by atoms with Crippen molar-refractivity contribution in [3.8, 4) is 11.3 Å². The number of nitrogens with one attached hydrogen (secondary N) is 1. The molecule has 3 aromatic rings. The van der Waals surface area contributed by atoms with Gasteiger partial charge in [0.15, 0.2) is 0 Å². The van der Waals surface area contributed by atoms with Crippen LogP contribution < -0.4 is 5.32 Å². The first-order valence-electron chi connectivity index (χ1n) is 7.32. The Morgan fingerprint density at radius 3 is 2.59 bits per heavy atom. The third-order valence-corrected chi connectivity index (χ3v) is 4.39. The van der Waals surface area contributed by atoms with Crippen molar-refractivity contribution in [1.29, 1.82) is 0 Å². The summed E-state index contributed by atoms with van der Waals surface area (Å²) in [5.41, 5.74) is 1.93. The number of hydrogen-bond donors (Lipinski definition) is 2. The van der Waals surface area contributed by atoms with Gasteiger partial charge in [-0.2, -0.15) is 0 Å². The van der Waals surface area contributed by atoms with E-state index in [-0.39, 0.29) is 0 Å². The zero-order valence-electron chi connectivity index (χ0n) is 12.5. The summed E-state index contributed by atoms with van der Waals surface area (Å²) in [7, 11) is 0. The number of aliphatic hydroxyl groups is 1. The molecule has 0 saturated heterocycles. The molecule has 1 atom stereocenters. The Morgan fingerprint density at radius 2 is 1.91 bits per heavy atom. The lowest BCUT2D eigenvalue weighted by Crippen LogP contribution is -2.10. The minimum Gasteiger partial charge on any atom is -0.460 e. The van der Waals surface area contributed by atoms with Crippen LogP contribution in [-0.4, -0.2) is 5.11 Å². The van der Waals surface area contributed by atoms with Crippen molar-refractivity contribution in [2.45, 2.75) is 26.1 Å². The van der Waals surface area contributed by atoms with Crippen molar-refractivity contribution in [3.05, 3.63) is 70.1 Å². The maximum atomic E-state index is 9.53. The van der Waals surface area contributed by atoms with E-state index >= 15 is 0 Å². The van der Waals surface area contributed by atoms with Crippen LogP contribution in [0, 0.1) is 0 Å². The lowest BCUT2D eigenvalue weighted by Gasteiger charge is -2.05. The van der Waals surface area contributed by atoms with Crippen LogP contribution in [0.25, 0.3) is 11.3 Å². The summed E-state index contributed by atoms with van der Waals surface area (Å²) in [4.78, 5) is 1.32. The highest BCUT2D eigenvalue weighted by Gasteiger charge is 2.06. The highest BCUT2D eigenvalue weighted by atomic mass is 32.1. The van der Waals surface area contributed by atoms with Crippen LogP contribution in [0.2, 0.25) is 0 Å². The number of thiophene rings is 1. The van der Waals surface area contributed by atoms with E-state index in [0.29, 0.717) is 6.54 Å². The molecule has 0 aliphatic heterocycles. The number of aliphatic hydroxyl groups excluding tert-OH is 1. The van der Waals surface area contributed by atoms with Crippen LogP contribution in [0.5, 0.6) is 0 Å². The fourth-order valence-corrected chi connectivity index (χ4v) is 2.95. The largest absolute Gasteiger partial charge is 0.460 e. The van der Waals surface area contributed by atoms with Crippen LogP contribution in [0.15, 0.2) is 58.3 Å². The van der Waals surface area contributed by atoms with Gasteiger partial charge in [0.1, 0.15) is 11.5 Å². The molecule has 1 aromatic carbocycles. The molecule has 0 fully saturated rings. The van der Waals surface area contributed by atoms with E-state index in [2.05, 4.69) is 22.8 Å². The highest BCUT2D eigenvalue weighted by Crippen LogP contribution is 2.24. The minimum absolute atomic E-state index is 0.442. The fourth-order valence-electron chi connectivity index (χ4n) is 2.28. The van der Waals surface area contributed by atoms with Gasteiger partial charge in [0.2, 0.25) is 0 Å². The Balaban J connectivity index is 1.60. The molecule has 0 spiro atoms. The third kappa shape index (κ3) is 3.65. The first-order valence-corrected chi connectivity index (χ1v) is 8.20. The second-order valence-corrected chi connectivity index (χ2v) is 6.28. The van der Waals surface area contributed by atoms with Gasteiger partial charge in [-0.15, -0.1) is 11.3 Å². The van der Waals surface area contributed by atoms with Gasteiger partial charge in [0, 0.05) is 17.0 Å². The van der Waals surface area contributed by atoms with Gasteiger partial charge < -0.3 is 14.8 Å². The molecule has 0 amide bonds. The normalized spacial score (nSPS) is 12.5. The van der Waals surface area contributed by atoms with Gasteiger partial charge in [-0.25, -0.2) is 0 Å². The van der Waals surface area contributed by atoms with Gasteiger partial charge in [0.25, 0.3) is 0 Å². The summed E-state index contributed by atoms with van der Waals surface area (Å²) in [6, 6.07) is 16.0. The molecule has 3 nitrogen and oxygen atoms in total. The van der Waals surface area contributed by atoms with Gasteiger partial charge in [-0.05, 0) is 36.1 Å². The Labute approximate surface area is 134 Å². The van der Waals surface area contributed by atoms with E-state index in [4.69, 9.17) is 4.42 Å². The van der Waals surface area contributed by atoms with Crippen LogP contribution in [-0.2, 0) is 13.1 Å². The number of furan rings is 1. The molecule has 0 saturated carbocycles. The predicted molar refractivity (Wildman–Crippen MR) is 89.6 cm³/mol. The Hall–Kier alpha value is -1.88. The van der Waals surface area contributed by atoms with E-state index in [1.54, 1.807) is 18.3 Å². The van der Waals surface area contributed by atoms with Gasteiger partial charge in [-0.3, -0.25) is 0 Å². The minimum atomic E-state index is -0.442. The quantitative estimate of drug-likeness (QED) is 0.711. The third-order valence-electron chi connectivity index (χ3n) is 3.52. The van der Waals surface area contributed by atoms with Crippen LogP contribution in [0.3, 0.4) is 0 Å². The summed E-state index contributed by atoms with van der Waals surface area (Å²) in [5, 5.41) is 15.0. The van der Waals surface area contributed by atoms with Gasteiger partial charge >= 0.3 is 0 Å². The Bertz CT molecular complexity index is 699. The van der Waals surface area contributed by atoms with Gasteiger partial charge in [-0.1, -0.05) is 30.3 Å². The summed E-state index contributed by atoms with van der Waals surface area (Å²) in [6.07, 6.45) is -0.442. The molecule has 0 bridgehead atoms. The summed E-state index contributed by atoms with van der Waals surface area (Å²) in [6.45, 7) is 3.33. The van der Waals surface area contributed by atoms with E-state index in [0.717, 1.165) is 29.2 Å². The molecule has 2 N–H and O–H groups in total. The molecule has 4 heteroatoms. The summed E-state index contributed by atoms with van der Waals surface area (Å²) in [5.74, 6) is 1.77.